The number of carboxylic acid groups (broad SMARTS) is 1. The van der Waals surface area contributed by atoms with E-state index in [-0.39, 0.29) is 31.0 Å². The number of carbonyl (C=O) groups is 2. The van der Waals surface area contributed by atoms with Gasteiger partial charge in [-0.05, 0) is 26.2 Å². The zero-order valence-corrected chi connectivity index (χ0v) is 11.9. The van der Waals surface area contributed by atoms with Gasteiger partial charge < -0.3 is 15.2 Å². The number of amides is 1. The lowest BCUT2D eigenvalue weighted by Gasteiger charge is -2.33. The molecule has 0 spiro atoms. The largest absolute Gasteiger partial charge is 0.481 e. The fourth-order valence-electron chi connectivity index (χ4n) is 1.40. The van der Waals surface area contributed by atoms with Gasteiger partial charge in [-0.3, -0.25) is 9.59 Å². The zero-order valence-electron chi connectivity index (χ0n) is 11.9. The van der Waals surface area contributed by atoms with Crippen LogP contribution in [0.2, 0.25) is 0 Å². The molecule has 0 fully saturated rings. The summed E-state index contributed by atoms with van der Waals surface area (Å²) in [7, 11) is 0. The van der Waals surface area contributed by atoms with Crippen LogP contribution >= 0.6 is 0 Å². The molecule has 0 saturated carbocycles. The molecule has 5 nitrogen and oxygen atoms in total. The molecule has 0 aliphatic heterocycles. The number of rotatable bonds is 8. The Bertz CT molecular complexity index is 291. The molecule has 1 amide bonds. The van der Waals surface area contributed by atoms with E-state index in [0.717, 1.165) is 6.42 Å². The molecule has 2 N–H and O–H groups in total. The third-order valence-electron chi connectivity index (χ3n) is 3.29. The van der Waals surface area contributed by atoms with Gasteiger partial charge in [0.2, 0.25) is 5.91 Å². The van der Waals surface area contributed by atoms with E-state index in [2.05, 4.69) is 5.32 Å². The quantitative estimate of drug-likeness (QED) is 0.697. The summed E-state index contributed by atoms with van der Waals surface area (Å²) in [6.07, 6.45) is 0.768. The lowest BCUT2D eigenvalue weighted by atomic mass is 9.85. The second-order valence-corrected chi connectivity index (χ2v) is 5.22. The van der Waals surface area contributed by atoms with Crippen molar-refractivity contribution in [1.29, 1.82) is 0 Å². The number of nitrogens with one attached hydrogen (secondary N) is 1. The van der Waals surface area contributed by atoms with E-state index < -0.39 is 11.5 Å². The van der Waals surface area contributed by atoms with Gasteiger partial charge in [-0.1, -0.05) is 20.8 Å². The van der Waals surface area contributed by atoms with E-state index in [9.17, 15) is 9.59 Å². The highest BCUT2D eigenvalue weighted by Crippen LogP contribution is 2.20. The maximum absolute atomic E-state index is 11.7. The van der Waals surface area contributed by atoms with Crippen LogP contribution in [0.15, 0.2) is 0 Å². The lowest BCUT2D eigenvalue weighted by molar-refractivity contribution is -0.140. The van der Waals surface area contributed by atoms with Gasteiger partial charge in [-0.25, -0.2) is 0 Å². The number of carbonyl (C=O) groups excluding carboxylic acids is 1. The van der Waals surface area contributed by atoms with Gasteiger partial charge in [0, 0.05) is 0 Å². The molecule has 0 heterocycles. The Hall–Kier alpha value is -1.10. The minimum Gasteiger partial charge on any atom is -0.481 e. The van der Waals surface area contributed by atoms with E-state index in [0.29, 0.717) is 0 Å². The van der Waals surface area contributed by atoms with Crippen molar-refractivity contribution in [3.8, 4) is 0 Å². The molecule has 0 rings (SSSR count). The Balaban J connectivity index is 4.41. The monoisotopic (exact) mass is 259 g/mol. The minimum atomic E-state index is -0.922. The second kappa shape index (κ2) is 7.36. The van der Waals surface area contributed by atoms with Gasteiger partial charge in [-0.2, -0.15) is 0 Å². The van der Waals surface area contributed by atoms with Crippen LogP contribution in [0.5, 0.6) is 0 Å². The van der Waals surface area contributed by atoms with E-state index >= 15 is 0 Å². The highest BCUT2D eigenvalue weighted by Gasteiger charge is 2.32. The normalized spacial score (nSPS) is 16.1. The second-order valence-electron chi connectivity index (χ2n) is 5.22. The third kappa shape index (κ3) is 6.00. The fraction of sp³-hybridized carbons (Fsp3) is 0.846. The van der Waals surface area contributed by atoms with Crippen molar-refractivity contribution >= 4 is 11.9 Å². The van der Waals surface area contributed by atoms with E-state index in [1.54, 1.807) is 6.92 Å². The molecule has 2 atom stereocenters. The van der Waals surface area contributed by atoms with Crippen molar-refractivity contribution in [3.63, 3.8) is 0 Å². The number of ether oxygens (including phenoxy) is 1. The molecule has 2 unspecified atom stereocenters. The van der Waals surface area contributed by atoms with Crippen LogP contribution in [0.25, 0.3) is 0 Å². The van der Waals surface area contributed by atoms with Crippen molar-refractivity contribution in [2.24, 2.45) is 5.92 Å². The molecule has 0 aromatic carbocycles. The summed E-state index contributed by atoms with van der Waals surface area (Å²) in [4.78, 5) is 22.6. The lowest BCUT2D eigenvalue weighted by Crippen LogP contribution is -2.52. The number of hydrogen-bond acceptors (Lipinski definition) is 3. The average molecular weight is 259 g/mol. The molecule has 18 heavy (non-hydrogen) atoms. The topological polar surface area (TPSA) is 75.6 Å². The van der Waals surface area contributed by atoms with Crippen LogP contribution in [0.4, 0.5) is 0 Å². The first-order chi connectivity index (χ1) is 8.21. The van der Waals surface area contributed by atoms with Crippen LogP contribution in [-0.4, -0.2) is 35.2 Å². The van der Waals surface area contributed by atoms with Crippen molar-refractivity contribution in [2.45, 2.75) is 59.1 Å². The molecule has 5 heteroatoms. The maximum atomic E-state index is 11.7. The van der Waals surface area contributed by atoms with Crippen molar-refractivity contribution < 1.29 is 19.4 Å². The zero-order chi connectivity index (χ0) is 14.3. The Kier molecular flexibility index (Phi) is 6.91. The van der Waals surface area contributed by atoms with Crippen LogP contribution in [0.3, 0.4) is 0 Å². The van der Waals surface area contributed by atoms with E-state index in [1.165, 1.54) is 0 Å². The smallest absolute Gasteiger partial charge is 0.305 e. The fourth-order valence-corrected chi connectivity index (χ4v) is 1.40. The summed E-state index contributed by atoms with van der Waals surface area (Å²) in [5, 5.41) is 11.6. The Morgan fingerprint density at radius 3 is 2.28 bits per heavy atom. The highest BCUT2D eigenvalue weighted by atomic mass is 16.5. The van der Waals surface area contributed by atoms with Gasteiger partial charge in [0.1, 0.15) is 6.61 Å². The molecule has 0 aliphatic carbocycles. The first-order valence-corrected chi connectivity index (χ1v) is 6.35. The first kappa shape index (κ1) is 16.9. The van der Waals surface area contributed by atoms with Gasteiger partial charge in [0.25, 0.3) is 0 Å². The average Bonchev–Trinajstić information content (AvgIpc) is 2.24. The molecule has 0 aromatic heterocycles. The number of hydrogen-bond donors (Lipinski definition) is 2. The van der Waals surface area contributed by atoms with Gasteiger partial charge in [0.05, 0.1) is 18.1 Å². The molecule has 0 aliphatic rings. The van der Waals surface area contributed by atoms with Gasteiger partial charge >= 0.3 is 5.97 Å². The Morgan fingerprint density at radius 1 is 1.33 bits per heavy atom. The summed E-state index contributed by atoms with van der Waals surface area (Å²) in [6.45, 7) is 9.36. The molecular weight excluding hydrogens is 234 g/mol. The summed E-state index contributed by atoms with van der Waals surface area (Å²) in [5.74, 6) is -1.16. The predicted octanol–water partition coefficient (Wildman–Crippen LogP) is 1.81. The Morgan fingerprint density at radius 2 is 1.89 bits per heavy atom. The van der Waals surface area contributed by atoms with Crippen LogP contribution in [0, 0.1) is 5.92 Å². The third-order valence-corrected chi connectivity index (χ3v) is 3.29. The van der Waals surface area contributed by atoms with Crippen molar-refractivity contribution in [2.75, 3.05) is 6.61 Å². The molecule has 0 bridgehead atoms. The van der Waals surface area contributed by atoms with Crippen LogP contribution < -0.4 is 5.32 Å². The molecule has 0 radical (unpaired) electrons. The molecule has 0 saturated heterocycles. The van der Waals surface area contributed by atoms with E-state index in [4.69, 9.17) is 9.84 Å². The van der Waals surface area contributed by atoms with Crippen molar-refractivity contribution in [3.05, 3.63) is 0 Å². The van der Waals surface area contributed by atoms with Gasteiger partial charge in [-0.15, -0.1) is 0 Å². The molecule has 0 aromatic rings. The SMILES string of the molecule is CCC(C)OCC(=O)NC(C)(CC(=O)O)C(C)C. The standard InChI is InChI=1S/C13H25NO4/c1-6-10(4)18-8-11(15)14-13(5,9(2)3)7-12(16)17/h9-10H,6-8H2,1-5H3,(H,14,15)(H,16,17). The highest BCUT2D eigenvalue weighted by molar-refractivity contribution is 5.79. The molecule has 106 valence electrons. The van der Waals surface area contributed by atoms with Gasteiger partial charge in [0.15, 0.2) is 0 Å². The summed E-state index contributed by atoms with van der Waals surface area (Å²) < 4.78 is 5.32. The van der Waals surface area contributed by atoms with E-state index in [1.807, 2.05) is 27.7 Å². The number of carboxylic acids is 1. The summed E-state index contributed by atoms with van der Waals surface area (Å²) in [6, 6.07) is 0. The molecular formula is C13H25NO4. The summed E-state index contributed by atoms with van der Waals surface area (Å²) in [5.41, 5.74) is -0.748. The van der Waals surface area contributed by atoms with Crippen molar-refractivity contribution in [1.82, 2.24) is 5.32 Å². The number of aliphatic carboxylic acids is 1. The van der Waals surface area contributed by atoms with Crippen LogP contribution in [0.1, 0.15) is 47.5 Å². The summed E-state index contributed by atoms with van der Waals surface area (Å²) >= 11 is 0. The Labute approximate surface area is 109 Å². The minimum absolute atomic E-state index is 0.0283. The maximum Gasteiger partial charge on any atom is 0.305 e. The first-order valence-electron chi connectivity index (χ1n) is 6.35. The predicted molar refractivity (Wildman–Crippen MR) is 69.3 cm³/mol. The van der Waals surface area contributed by atoms with Crippen LogP contribution in [-0.2, 0) is 14.3 Å².